The van der Waals surface area contributed by atoms with Crippen LogP contribution >= 0.6 is 37.9 Å². The largest absolute Gasteiger partial charge is 0.504 e. The summed E-state index contributed by atoms with van der Waals surface area (Å²) >= 11 is 12.2. The Labute approximate surface area is 343 Å². The van der Waals surface area contributed by atoms with Gasteiger partial charge < -0.3 is 29.5 Å². The number of phenolic OH excluding ortho intramolecular Hbond substituents is 3. The van der Waals surface area contributed by atoms with Crippen LogP contribution in [0.4, 0.5) is 0 Å². The average Bonchev–Trinajstić information content (AvgIpc) is 3.20. The summed E-state index contributed by atoms with van der Waals surface area (Å²) in [6.07, 6.45) is -0.176. The number of fused-ring (bicyclic) bond motifs is 3. The molecule has 58 heavy (non-hydrogen) atoms. The zero-order valence-electron chi connectivity index (χ0n) is 29.2. The van der Waals surface area contributed by atoms with Crippen molar-refractivity contribution in [3.8, 4) is 34.5 Å². The van der Waals surface area contributed by atoms with Crippen molar-refractivity contribution in [2.45, 2.75) is 21.1 Å². The van der Waals surface area contributed by atoms with Gasteiger partial charge in [-0.3, -0.25) is 34.8 Å². The molecule has 5 aromatic carbocycles. The minimum Gasteiger partial charge on any atom is -0.504 e. The van der Waals surface area contributed by atoms with Gasteiger partial charge in [-0.05, 0) is 66.7 Å². The number of benzene rings is 5. The molecule has 3 aliphatic rings. The van der Waals surface area contributed by atoms with E-state index in [4.69, 9.17) is 30.1 Å². The van der Waals surface area contributed by atoms with E-state index in [-0.39, 0.29) is 40.4 Å². The molecule has 0 aromatic heterocycles. The Balaban J connectivity index is 0.000000148. The lowest BCUT2D eigenvalue weighted by molar-refractivity contribution is -0.134. The maximum atomic E-state index is 12.0. The number of thiol groups is 3. The first-order valence-corrected chi connectivity index (χ1v) is 17.6. The number of aromatic hydroxyl groups is 3. The van der Waals surface area contributed by atoms with Crippen LogP contribution in [0.25, 0.3) is 0 Å². The molecule has 0 unspecified atom stereocenters. The Kier molecular flexibility index (Phi) is 13.0. The van der Waals surface area contributed by atoms with E-state index in [9.17, 15) is 43.8 Å². The van der Waals surface area contributed by atoms with Crippen LogP contribution in [-0.2, 0) is 14.4 Å². The third-order valence-corrected chi connectivity index (χ3v) is 8.72. The third-order valence-electron chi connectivity index (χ3n) is 7.89. The summed E-state index contributed by atoms with van der Waals surface area (Å²) in [5.74, 6) is -5.23. The quantitative estimate of drug-likeness (QED) is 0.0266. The van der Waals surface area contributed by atoms with Gasteiger partial charge in [0.25, 0.3) is 0 Å². The van der Waals surface area contributed by atoms with Gasteiger partial charge in [0, 0.05) is 20.2 Å². The average molecular weight is 839 g/mol. The highest BCUT2D eigenvalue weighted by molar-refractivity contribution is 7.80. The number of carbonyl (C=O) groups excluding carboxylic acids is 7. The number of carbonyl (C=O) groups is 7. The Bertz CT molecular complexity index is 2520. The molecular formula is C40H26N2O13S3. The Morgan fingerprint density at radius 1 is 0.552 bits per heavy atom. The molecule has 0 fully saturated rings. The van der Waals surface area contributed by atoms with E-state index < -0.39 is 63.9 Å². The highest BCUT2D eigenvalue weighted by Crippen LogP contribution is 2.38. The summed E-state index contributed by atoms with van der Waals surface area (Å²) in [5, 5.41) is 42.4. The third kappa shape index (κ3) is 9.49. The molecule has 5 N–H and O–H groups in total. The lowest BCUT2D eigenvalue weighted by atomic mass is 10.0. The van der Waals surface area contributed by atoms with Crippen LogP contribution in [-0.4, -0.2) is 67.8 Å². The highest BCUT2D eigenvalue weighted by Gasteiger charge is 2.32. The smallest absolute Gasteiger partial charge is 0.365 e. The monoisotopic (exact) mass is 838 g/mol. The number of hydrogen-bond donors (Lipinski definition) is 8. The molecule has 0 bridgehead atoms. The van der Waals surface area contributed by atoms with E-state index in [2.05, 4.69) is 37.9 Å². The fourth-order valence-corrected chi connectivity index (χ4v) is 5.64. The van der Waals surface area contributed by atoms with Gasteiger partial charge in [0.2, 0.25) is 17.3 Å². The fraction of sp³-hybridized carbons (Fsp3) is 0.0250. The number of Topliss-reactive ketones (excluding diaryl/α,β-unsaturated/α-hetero) is 3. The van der Waals surface area contributed by atoms with E-state index in [1.54, 1.807) is 60.7 Å². The number of esters is 3. The van der Waals surface area contributed by atoms with Gasteiger partial charge >= 0.3 is 17.9 Å². The first-order valence-electron chi connectivity index (χ1n) is 16.2. The van der Waals surface area contributed by atoms with Crippen LogP contribution in [0.2, 0.25) is 0 Å². The Morgan fingerprint density at radius 2 is 1.00 bits per heavy atom. The molecule has 0 atom stereocenters. The van der Waals surface area contributed by atoms with Gasteiger partial charge in [-0.25, -0.2) is 9.59 Å². The lowest BCUT2D eigenvalue weighted by Gasteiger charge is -2.14. The van der Waals surface area contributed by atoms with E-state index in [1.807, 2.05) is 0 Å². The lowest BCUT2D eigenvalue weighted by Crippen LogP contribution is -2.32. The molecule has 3 aliphatic heterocycles. The van der Waals surface area contributed by atoms with Crippen molar-refractivity contribution in [3.63, 3.8) is 0 Å². The predicted molar refractivity (Wildman–Crippen MR) is 212 cm³/mol. The molecule has 0 amide bonds. The summed E-state index contributed by atoms with van der Waals surface area (Å²) in [4.78, 5) is 80.8. The molecule has 5 aromatic rings. The first kappa shape index (κ1) is 42.1. The summed E-state index contributed by atoms with van der Waals surface area (Å²) in [5.41, 5.74) is -0.0800. The SMILES string of the molecule is N=C1C(=O)Oc2ccc(S)cc2C1=O.N=C1C(=O)Oc2ccc(S)cc2C1=O.O=C(c1ccccc1)c1ccc(O)c(O)c1O.O=C1CC(=O)c2cc(S)ccc2O1. The minimum absolute atomic E-state index is 0.0495. The molecule has 0 saturated carbocycles. The van der Waals surface area contributed by atoms with Crippen molar-refractivity contribution in [1.82, 2.24) is 0 Å². The van der Waals surface area contributed by atoms with Crippen LogP contribution in [0.5, 0.6) is 34.5 Å². The molecule has 8 rings (SSSR count). The second-order valence-electron chi connectivity index (χ2n) is 11.8. The number of phenols is 3. The van der Waals surface area contributed by atoms with Crippen molar-refractivity contribution in [2.24, 2.45) is 0 Å². The number of ketones is 4. The van der Waals surface area contributed by atoms with E-state index >= 15 is 0 Å². The van der Waals surface area contributed by atoms with Crippen molar-refractivity contribution >= 4 is 90.4 Å². The number of rotatable bonds is 2. The van der Waals surface area contributed by atoms with Crippen LogP contribution in [0.15, 0.2) is 112 Å². The summed E-state index contributed by atoms with van der Waals surface area (Å²) in [7, 11) is 0. The van der Waals surface area contributed by atoms with Gasteiger partial charge in [0.15, 0.2) is 34.5 Å². The van der Waals surface area contributed by atoms with Crippen molar-refractivity contribution in [1.29, 1.82) is 10.8 Å². The minimum atomic E-state index is -0.908. The van der Waals surface area contributed by atoms with E-state index in [0.717, 1.165) is 6.07 Å². The predicted octanol–water partition coefficient (Wildman–Crippen LogP) is 5.70. The summed E-state index contributed by atoms with van der Waals surface area (Å²) in [6, 6.07) is 24.8. The van der Waals surface area contributed by atoms with Gasteiger partial charge in [0.05, 0.1) is 22.3 Å². The maximum absolute atomic E-state index is 12.0. The van der Waals surface area contributed by atoms with Gasteiger partial charge in [0.1, 0.15) is 23.7 Å². The van der Waals surface area contributed by atoms with E-state index in [1.165, 1.54) is 30.3 Å². The highest BCUT2D eigenvalue weighted by atomic mass is 32.1. The number of ether oxygens (including phenoxy) is 3. The maximum Gasteiger partial charge on any atom is 0.365 e. The van der Waals surface area contributed by atoms with Crippen LogP contribution in [0, 0.1) is 10.8 Å². The Morgan fingerprint density at radius 3 is 1.48 bits per heavy atom. The van der Waals surface area contributed by atoms with Crippen LogP contribution < -0.4 is 14.2 Å². The van der Waals surface area contributed by atoms with Crippen molar-refractivity contribution in [3.05, 3.63) is 125 Å². The summed E-state index contributed by atoms with van der Waals surface area (Å²) in [6.45, 7) is 0. The molecule has 292 valence electrons. The second kappa shape index (κ2) is 17.8. The molecule has 0 spiro atoms. The first-order chi connectivity index (χ1) is 27.5. The molecule has 18 heteroatoms. The zero-order valence-corrected chi connectivity index (χ0v) is 31.9. The van der Waals surface area contributed by atoms with Crippen LogP contribution in [0.3, 0.4) is 0 Å². The van der Waals surface area contributed by atoms with Gasteiger partial charge in [-0.15, -0.1) is 37.9 Å². The zero-order chi connectivity index (χ0) is 42.4. The van der Waals surface area contributed by atoms with Crippen molar-refractivity contribution in [2.75, 3.05) is 0 Å². The molecule has 0 saturated heterocycles. The fourth-order valence-electron chi connectivity index (χ4n) is 5.03. The molecule has 3 heterocycles. The molecular weight excluding hydrogens is 813 g/mol. The van der Waals surface area contributed by atoms with E-state index in [0.29, 0.717) is 31.6 Å². The summed E-state index contributed by atoms with van der Waals surface area (Å²) < 4.78 is 14.4. The normalized spacial score (nSPS) is 13.6. The standard InChI is InChI=1S/C13H10O4.2C9H5NO3S.C9H6O3S/c14-10-7-6-9(12(16)13(10)17)11(15)8-4-2-1-3-5-8;2*10-7-8(11)5-3-4(14)1-2-6(5)13-9(7)12;10-7-4-9(11)12-8-2-1-5(13)3-6(7)8/h1-7,14,16-17H;2*1-3,10,14H;1-3,13H,4H2. The topological polar surface area (TPSA) is 256 Å². The molecule has 0 radical (unpaired) electrons. The number of nitrogens with one attached hydrogen (secondary N) is 2. The van der Waals surface area contributed by atoms with Crippen molar-refractivity contribution < 1.29 is 63.1 Å². The second-order valence-corrected chi connectivity index (χ2v) is 13.4. The van der Waals surface area contributed by atoms with Crippen LogP contribution in [0.1, 0.15) is 53.4 Å². The molecule has 15 nitrogen and oxygen atoms in total. The Hall–Kier alpha value is -7.02. The van der Waals surface area contributed by atoms with Gasteiger partial charge in [-0.2, -0.15) is 0 Å². The number of hydrogen-bond acceptors (Lipinski definition) is 18. The van der Waals surface area contributed by atoms with Gasteiger partial charge in [-0.1, -0.05) is 30.3 Å². The molecule has 0 aliphatic carbocycles.